The van der Waals surface area contributed by atoms with Crippen LogP contribution in [0.25, 0.3) is 0 Å². The van der Waals surface area contributed by atoms with Crippen LogP contribution in [0.1, 0.15) is 19.8 Å². The Labute approximate surface area is 103 Å². The Morgan fingerprint density at radius 1 is 1.06 bits per heavy atom. The lowest BCUT2D eigenvalue weighted by Crippen LogP contribution is -2.40. The van der Waals surface area contributed by atoms with Crippen LogP contribution in [0.4, 0.5) is 0 Å². The van der Waals surface area contributed by atoms with Crippen molar-refractivity contribution in [2.75, 3.05) is 32.8 Å². The van der Waals surface area contributed by atoms with Crippen LogP contribution in [0, 0.1) is 0 Å². The van der Waals surface area contributed by atoms with Gasteiger partial charge in [-0.3, -0.25) is 4.90 Å². The monoisotopic (exact) mass is 247 g/mol. The molecule has 0 rings (SSSR count). The molecule has 5 heteroatoms. The van der Waals surface area contributed by atoms with Crippen LogP contribution in [0.3, 0.4) is 0 Å². The van der Waals surface area contributed by atoms with Gasteiger partial charge in [-0.15, -0.1) is 0 Å². The SMILES string of the molecule is C/C=C/CCCN(CC(O)CO)CC(O)CO. The minimum absolute atomic E-state index is 0.291. The molecule has 0 fully saturated rings. The molecule has 17 heavy (non-hydrogen) atoms. The van der Waals surface area contributed by atoms with Crippen LogP contribution in [0.5, 0.6) is 0 Å². The van der Waals surface area contributed by atoms with Crippen LogP contribution in [0.2, 0.25) is 0 Å². The molecule has 0 heterocycles. The number of aliphatic hydroxyl groups excluding tert-OH is 4. The summed E-state index contributed by atoms with van der Waals surface area (Å²) in [5.41, 5.74) is 0. The first kappa shape index (κ1) is 16.5. The lowest BCUT2D eigenvalue weighted by atomic mass is 10.2. The fraction of sp³-hybridized carbons (Fsp3) is 0.833. The van der Waals surface area contributed by atoms with Crippen molar-refractivity contribution in [3.63, 3.8) is 0 Å². The normalized spacial score (nSPS) is 15.6. The number of allylic oxidation sites excluding steroid dienone is 2. The molecule has 0 spiro atoms. The van der Waals surface area contributed by atoms with Crippen LogP contribution >= 0.6 is 0 Å². The molecule has 0 saturated carbocycles. The zero-order valence-corrected chi connectivity index (χ0v) is 10.5. The molecule has 2 atom stereocenters. The van der Waals surface area contributed by atoms with E-state index in [1.54, 1.807) is 0 Å². The second kappa shape index (κ2) is 10.7. The third kappa shape index (κ3) is 9.26. The van der Waals surface area contributed by atoms with Crippen molar-refractivity contribution < 1.29 is 20.4 Å². The summed E-state index contributed by atoms with van der Waals surface area (Å²) < 4.78 is 0. The Hall–Kier alpha value is -0.460. The van der Waals surface area contributed by atoms with Gasteiger partial charge in [-0.05, 0) is 26.3 Å². The first-order valence-electron chi connectivity index (χ1n) is 6.05. The highest BCUT2D eigenvalue weighted by molar-refractivity contribution is 4.77. The lowest BCUT2D eigenvalue weighted by molar-refractivity contribution is 0.0231. The van der Waals surface area contributed by atoms with E-state index in [0.29, 0.717) is 13.1 Å². The third-order valence-electron chi connectivity index (χ3n) is 2.44. The third-order valence-corrected chi connectivity index (χ3v) is 2.44. The molecule has 4 N–H and O–H groups in total. The van der Waals surface area contributed by atoms with Crippen molar-refractivity contribution in [1.82, 2.24) is 4.90 Å². The van der Waals surface area contributed by atoms with E-state index in [0.717, 1.165) is 19.4 Å². The highest BCUT2D eigenvalue weighted by Gasteiger charge is 2.14. The number of rotatable bonds is 10. The summed E-state index contributed by atoms with van der Waals surface area (Å²) in [6.45, 7) is 2.72. The van der Waals surface area contributed by atoms with E-state index in [9.17, 15) is 10.2 Å². The number of nitrogens with zero attached hydrogens (tertiary/aromatic N) is 1. The Balaban J connectivity index is 4.00. The van der Waals surface area contributed by atoms with E-state index in [1.165, 1.54) is 0 Å². The smallest absolute Gasteiger partial charge is 0.0897 e. The molecule has 102 valence electrons. The summed E-state index contributed by atoms with van der Waals surface area (Å²) in [7, 11) is 0. The van der Waals surface area contributed by atoms with Crippen molar-refractivity contribution in [3.05, 3.63) is 12.2 Å². The van der Waals surface area contributed by atoms with Crippen molar-refractivity contribution in [1.29, 1.82) is 0 Å². The molecular formula is C12H25NO4. The fourth-order valence-electron chi connectivity index (χ4n) is 1.57. The molecule has 0 aromatic rings. The number of hydrogen-bond acceptors (Lipinski definition) is 5. The maximum Gasteiger partial charge on any atom is 0.0897 e. The van der Waals surface area contributed by atoms with Gasteiger partial charge in [0.1, 0.15) is 0 Å². The van der Waals surface area contributed by atoms with Gasteiger partial charge in [0, 0.05) is 13.1 Å². The average Bonchev–Trinajstić information content (AvgIpc) is 2.33. The van der Waals surface area contributed by atoms with E-state index in [1.807, 2.05) is 17.9 Å². The van der Waals surface area contributed by atoms with Gasteiger partial charge < -0.3 is 20.4 Å². The van der Waals surface area contributed by atoms with E-state index in [4.69, 9.17) is 10.2 Å². The first-order valence-corrected chi connectivity index (χ1v) is 6.05. The van der Waals surface area contributed by atoms with Crippen LogP contribution in [0.15, 0.2) is 12.2 Å². The summed E-state index contributed by atoms with van der Waals surface area (Å²) in [6, 6.07) is 0. The van der Waals surface area contributed by atoms with E-state index < -0.39 is 12.2 Å². The Morgan fingerprint density at radius 2 is 1.59 bits per heavy atom. The zero-order valence-electron chi connectivity index (χ0n) is 10.5. The van der Waals surface area contributed by atoms with Crippen LogP contribution < -0.4 is 0 Å². The Morgan fingerprint density at radius 3 is 2.00 bits per heavy atom. The second-order valence-electron chi connectivity index (χ2n) is 4.14. The standard InChI is InChI=1S/C12H25NO4/c1-2-3-4-5-6-13(7-11(16)9-14)8-12(17)10-15/h2-3,11-12,14-17H,4-10H2,1H3/b3-2+. The highest BCUT2D eigenvalue weighted by Crippen LogP contribution is 2.00. The number of aliphatic hydroxyl groups is 4. The molecule has 0 aliphatic heterocycles. The summed E-state index contributed by atoms with van der Waals surface area (Å²) in [5, 5.41) is 36.3. The molecule has 0 saturated heterocycles. The Bertz CT molecular complexity index is 187. The van der Waals surface area contributed by atoms with Gasteiger partial charge in [0.2, 0.25) is 0 Å². The molecular weight excluding hydrogens is 222 g/mol. The predicted octanol–water partition coefficient (Wildman–Crippen LogP) is -0.649. The summed E-state index contributed by atoms with van der Waals surface area (Å²) >= 11 is 0. The summed E-state index contributed by atoms with van der Waals surface area (Å²) in [5.74, 6) is 0. The van der Waals surface area contributed by atoms with Gasteiger partial charge in [-0.1, -0.05) is 12.2 Å². The fourth-order valence-corrected chi connectivity index (χ4v) is 1.57. The maximum atomic E-state index is 9.37. The van der Waals surface area contributed by atoms with Gasteiger partial charge in [-0.25, -0.2) is 0 Å². The van der Waals surface area contributed by atoms with Crippen molar-refractivity contribution in [3.8, 4) is 0 Å². The Kier molecular flexibility index (Phi) is 10.4. The van der Waals surface area contributed by atoms with Crippen molar-refractivity contribution in [2.24, 2.45) is 0 Å². The zero-order chi connectivity index (χ0) is 13.1. The van der Waals surface area contributed by atoms with E-state index in [2.05, 4.69) is 6.08 Å². The maximum absolute atomic E-state index is 9.37. The molecule has 0 amide bonds. The quantitative estimate of drug-likeness (QED) is 0.305. The number of hydrogen-bond donors (Lipinski definition) is 4. The molecule has 0 aromatic carbocycles. The molecule has 5 nitrogen and oxygen atoms in total. The topological polar surface area (TPSA) is 84.2 Å². The van der Waals surface area contributed by atoms with Crippen molar-refractivity contribution in [2.45, 2.75) is 32.0 Å². The molecule has 0 aromatic heterocycles. The van der Waals surface area contributed by atoms with Gasteiger partial charge in [0.15, 0.2) is 0 Å². The molecule has 2 unspecified atom stereocenters. The summed E-state index contributed by atoms with van der Waals surface area (Å²) in [4.78, 5) is 1.85. The molecule has 0 bridgehead atoms. The van der Waals surface area contributed by atoms with Gasteiger partial charge in [-0.2, -0.15) is 0 Å². The van der Waals surface area contributed by atoms with Crippen LogP contribution in [-0.4, -0.2) is 70.4 Å². The number of unbranched alkanes of at least 4 members (excludes halogenated alkanes) is 1. The van der Waals surface area contributed by atoms with E-state index in [-0.39, 0.29) is 13.2 Å². The van der Waals surface area contributed by atoms with Gasteiger partial charge >= 0.3 is 0 Å². The lowest BCUT2D eigenvalue weighted by Gasteiger charge is -2.25. The predicted molar refractivity (Wildman–Crippen MR) is 66.7 cm³/mol. The second-order valence-corrected chi connectivity index (χ2v) is 4.14. The van der Waals surface area contributed by atoms with Crippen molar-refractivity contribution >= 4 is 0 Å². The van der Waals surface area contributed by atoms with Crippen LogP contribution in [-0.2, 0) is 0 Å². The van der Waals surface area contributed by atoms with Gasteiger partial charge in [0.05, 0.1) is 25.4 Å². The highest BCUT2D eigenvalue weighted by atomic mass is 16.3. The minimum Gasteiger partial charge on any atom is -0.394 e. The molecule has 0 aliphatic rings. The van der Waals surface area contributed by atoms with E-state index >= 15 is 0 Å². The minimum atomic E-state index is -0.803. The summed E-state index contributed by atoms with van der Waals surface area (Å²) in [6.07, 6.45) is 4.29. The van der Waals surface area contributed by atoms with Gasteiger partial charge in [0.25, 0.3) is 0 Å². The molecule has 0 radical (unpaired) electrons. The average molecular weight is 247 g/mol. The molecule has 0 aliphatic carbocycles. The first-order chi connectivity index (χ1) is 8.13. The largest absolute Gasteiger partial charge is 0.394 e.